The summed E-state index contributed by atoms with van der Waals surface area (Å²) in [5.41, 5.74) is 1.02. The van der Waals surface area contributed by atoms with E-state index in [1.165, 1.54) is 4.31 Å². The number of rotatable bonds is 7. The van der Waals surface area contributed by atoms with Gasteiger partial charge in [-0.05, 0) is 49.3 Å². The van der Waals surface area contributed by atoms with Crippen LogP contribution in [0.15, 0.2) is 29.2 Å². The molecule has 1 saturated heterocycles. The van der Waals surface area contributed by atoms with Crippen LogP contribution in [0.3, 0.4) is 0 Å². The molecule has 0 spiro atoms. The molecule has 1 heterocycles. The van der Waals surface area contributed by atoms with Crippen molar-refractivity contribution < 1.29 is 22.7 Å². The van der Waals surface area contributed by atoms with Gasteiger partial charge in [-0.3, -0.25) is 9.59 Å². The smallest absolute Gasteiger partial charge is 0.309 e. The van der Waals surface area contributed by atoms with E-state index in [1.54, 1.807) is 19.1 Å². The summed E-state index contributed by atoms with van der Waals surface area (Å²) >= 11 is 0. The van der Waals surface area contributed by atoms with Gasteiger partial charge in [0.25, 0.3) is 5.91 Å². The van der Waals surface area contributed by atoms with Crippen molar-refractivity contribution in [3.05, 3.63) is 29.8 Å². The van der Waals surface area contributed by atoms with Crippen molar-refractivity contribution in [1.82, 2.24) is 9.62 Å². The first-order valence-electron chi connectivity index (χ1n) is 10.6. The summed E-state index contributed by atoms with van der Waals surface area (Å²) in [4.78, 5) is 24.5. The van der Waals surface area contributed by atoms with E-state index in [2.05, 4.69) is 26.1 Å². The van der Waals surface area contributed by atoms with Crippen molar-refractivity contribution in [2.45, 2.75) is 70.3 Å². The van der Waals surface area contributed by atoms with Crippen LogP contribution in [0.2, 0.25) is 0 Å². The zero-order valence-corrected chi connectivity index (χ0v) is 19.4. The van der Waals surface area contributed by atoms with Crippen LogP contribution < -0.4 is 5.32 Å². The molecule has 168 valence electrons. The second kappa shape index (κ2) is 9.92. The molecular formula is C22H34N2O5S. The predicted molar refractivity (Wildman–Crippen MR) is 115 cm³/mol. The first-order valence-corrected chi connectivity index (χ1v) is 12.0. The molecule has 30 heavy (non-hydrogen) atoms. The third-order valence-electron chi connectivity index (χ3n) is 5.36. The van der Waals surface area contributed by atoms with Gasteiger partial charge in [0.15, 0.2) is 6.10 Å². The number of carbonyl (C=O) groups is 2. The van der Waals surface area contributed by atoms with Crippen molar-refractivity contribution in [3.8, 4) is 0 Å². The molecule has 1 aliphatic rings. The molecular weight excluding hydrogens is 404 g/mol. The predicted octanol–water partition coefficient (Wildman–Crippen LogP) is 2.84. The number of piperidine rings is 1. The summed E-state index contributed by atoms with van der Waals surface area (Å²) in [5.74, 6) is -1.16. The number of nitrogens with zero attached hydrogens (tertiary/aromatic N) is 1. The summed E-state index contributed by atoms with van der Waals surface area (Å²) in [5, 5.41) is 2.69. The second-order valence-electron chi connectivity index (χ2n) is 8.82. The number of benzene rings is 1. The van der Waals surface area contributed by atoms with Crippen LogP contribution in [-0.4, -0.2) is 50.3 Å². The molecule has 1 amide bonds. The lowest BCUT2D eigenvalue weighted by atomic mass is 9.87. The standard InChI is InChI=1S/C22H34N2O5S/c1-6-13-23-20(25)16(2)29-21(26)17-11-14-24(15-12-17)30(27,28)19-9-7-18(8-10-19)22(3,4)5/h7-10,16-17H,6,11-15H2,1-5H3,(H,23,25). The number of nitrogens with one attached hydrogen (secondary N) is 1. The lowest BCUT2D eigenvalue weighted by Gasteiger charge is -2.30. The van der Waals surface area contributed by atoms with Crippen LogP contribution in [0.25, 0.3) is 0 Å². The highest BCUT2D eigenvalue weighted by atomic mass is 32.2. The van der Waals surface area contributed by atoms with Gasteiger partial charge in [-0.1, -0.05) is 39.8 Å². The molecule has 1 N–H and O–H groups in total. The highest BCUT2D eigenvalue weighted by molar-refractivity contribution is 7.89. The van der Waals surface area contributed by atoms with Gasteiger partial charge >= 0.3 is 5.97 Å². The zero-order valence-electron chi connectivity index (χ0n) is 18.6. The van der Waals surface area contributed by atoms with E-state index < -0.39 is 28.0 Å². The fourth-order valence-electron chi connectivity index (χ4n) is 3.32. The van der Waals surface area contributed by atoms with Crippen LogP contribution in [0.5, 0.6) is 0 Å². The van der Waals surface area contributed by atoms with E-state index in [4.69, 9.17) is 4.74 Å². The largest absolute Gasteiger partial charge is 0.452 e. The Morgan fingerprint density at radius 3 is 2.23 bits per heavy atom. The van der Waals surface area contributed by atoms with Crippen molar-refractivity contribution in [2.75, 3.05) is 19.6 Å². The molecule has 1 atom stereocenters. The maximum atomic E-state index is 12.9. The Balaban J connectivity index is 1.94. The number of esters is 1. The summed E-state index contributed by atoms with van der Waals surface area (Å²) in [6.07, 6.45) is 0.702. The first kappa shape index (κ1) is 24.3. The molecule has 0 aliphatic carbocycles. The van der Waals surface area contributed by atoms with Crippen molar-refractivity contribution in [1.29, 1.82) is 0 Å². The van der Waals surface area contributed by atoms with Gasteiger partial charge < -0.3 is 10.1 Å². The Kier molecular flexibility index (Phi) is 8.05. The molecule has 0 bridgehead atoms. The Labute approximate surface area is 180 Å². The number of hydrogen-bond acceptors (Lipinski definition) is 5. The Morgan fingerprint density at radius 1 is 1.17 bits per heavy atom. The monoisotopic (exact) mass is 438 g/mol. The number of sulfonamides is 1. The van der Waals surface area contributed by atoms with Gasteiger partial charge in [-0.25, -0.2) is 8.42 Å². The average Bonchev–Trinajstić information content (AvgIpc) is 2.71. The lowest BCUT2D eigenvalue weighted by molar-refractivity contribution is -0.159. The molecule has 0 radical (unpaired) electrons. The summed E-state index contributed by atoms with van der Waals surface area (Å²) in [7, 11) is -3.60. The SMILES string of the molecule is CCCNC(=O)C(C)OC(=O)C1CCN(S(=O)(=O)c2ccc(C(C)(C)C)cc2)CC1. The number of amides is 1. The molecule has 1 aromatic rings. The highest BCUT2D eigenvalue weighted by Crippen LogP contribution is 2.27. The molecule has 2 rings (SSSR count). The summed E-state index contributed by atoms with van der Waals surface area (Å²) in [6.45, 7) is 10.8. The summed E-state index contributed by atoms with van der Waals surface area (Å²) in [6, 6.07) is 6.99. The minimum Gasteiger partial charge on any atom is -0.452 e. The number of carbonyl (C=O) groups excluding carboxylic acids is 2. The van der Waals surface area contributed by atoms with E-state index in [1.807, 2.05) is 19.1 Å². The van der Waals surface area contributed by atoms with Gasteiger partial charge in [0.05, 0.1) is 10.8 Å². The zero-order chi connectivity index (χ0) is 22.5. The number of hydrogen-bond donors (Lipinski definition) is 1. The fraction of sp³-hybridized carbons (Fsp3) is 0.636. The molecule has 8 heteroatoms. The maximum Gasteiger partial charge on any atom is 0.309 e. The van der Waals surface area contributed by atoms with Crippen LogP contribution in [0.4, 0.5) is 0 Å². The summed E-state index contributed by atoms with van der Waals surface area (Å²) < 4.78 is 32.6. The maximum absolute atomic E-state index is 12.9. The topological polar surface area (TPSA) is 92.8 Å². The van der Waals surface area contributed by atoms with Gasteiger partial charge in [0, 0.05) is 19.6 Å². The average molecular weight is 439 g/mol. The third-order valence-corrected chi connectivity index (χ3v) is 7.27. The van der Waals surface area contributed by atoms with E-state index >= 15 is 0 Å². The highest BCUT2D eigenvalue weighted by Gasteiger charge is 2.34. The fourth-order valence-corrected chi connectivity index (χ4v) is 4.79. The van der Waals surface area contributed by atoms with Gasteiger partial charge in [0.1, 0.15) is 0 Å². The van der Waals surface area contributed by atoms with Crippen LogP contribution in [0.1, 0.15) is 59.4 Å². The first-order chi connectivity index (χ1) is 14.0. The Bertz CT molecular complexity index is 835. The van der Waals surface area contributed by atoms with Crippen molar-refractivity contribution in [2.24, 2.45) is 5.92 Å². The molecule has 1 fully saturated rings. The van der Waals surface area contributed by atoms with Crippen LogP contribution >= 0.6 is 0 Å². The van der Waals surface area contributed by atoms with Crippen molar-refractivity contribution in [3.63, 3.8) is 0 Å². The van der Waals surface area contributed by atoms with Gasteiger partial charge in [-0.15, -0.1) is 0 Å². The van der Waals surface area contributed by atoms with E-state index in [0.29, 0.717) is 19.4 Å². The van der Waals surface area contributed by atoms with E-state index in [0.717, 1.165) is 12.0 Å². The van der Waals surface area contributed by atoms with E-state index in [-0.39, 0.29) is 29.3 Å². The molecule has 1 aliphatic heterocycles. The minimum absolute atomic E-state index is 0.0500. The van der Waals surface area contributed by atoms with Crippen LogP contribution in [-0.2, 0) is 29.8 Å². The van der Waals surface area contributed by atoms with Crippen LogP contribution in [0, 0.1) is 5.92 Å². The molecule has 0 saturated carbocycles. The Hall–Kier alpha value is -1.93. The van der Waals surface area contributed by atoms with Gasteiger partial charge in [0.2, 0.25) is 10.0 Å². The minimum atomic E-state index is -3.60. The molecule has 1 aromatic carbocycles. The van der Waals surface area contributed by atoms with E-state index in [9.17, 15) is 18.0 Å². The molecule has 0 aromatic heterocycles. The molecule has 7 nitrogen and oxygen atoms in total. The van der Waals surface area contributed by atoms with Crippen molar-refractivity contribution >= 4 is 21.9 Å². The van der Waals surface area contributed by atoms with Gasteiger partial charge in [-0.2, -0.15) is 4.31 Å². The third kappa shape index (κ3) is 6.04. The Morgan fingerprint density at radius 2 is 1.73 bits per heavy atom. The molecule has 1 unspecified atom stereocenters. The lowest BCUT2D eigenvalue weighted by Crippen LogP contribution is -2.42. The normalized spacial score (nSPS) is 17.4. The number of ether oxygens (including phenoxy) is 1. The second-order valence-corrected chi connectivity index (χ2v) is 10.8. The quantitative estimate of drug-likeness (QED) is 0.661.